The van der Waals surface area contributed by atoms with E-state index in [9.17, 15) is 5.11 Å². The predicted molar refractivity (Wildman–Crippen MR) is 73.2 cm³/mol. The zero-order chi connectivity index (χ0) is 13.3. The van der Waals surface area contributed by atoms with Gasteiger partial charge in [0, 0.05) is 23.6 Å². The molecule has 0 saturated heterocycles. The molecule has 3 nitrogen and oxygen atoms in total. The molecule has 18 heavy (non-hydrogen) atoms. The molecule has 0 spiro atoms. The van der Waals surface area contributed by atoms with E-state index in [1.165, 1.54) is 5.56 Å². The van der Waals surface area contributed by atoms with Gasteiger partial charge in [-0.25, -0.2) is 0 Å². The van der Waals surface area contributed by atoms with E-state index in [1.807, 2.05) is 32.0 Å². The molecule has 94 valence electrons. The van der Waals surface area contributed by atoms with Crippen molar-refractivity contribution in [3.8, 4) is 0 Å². The van der Waals surface area contributed by atoms with Gasteiger partial charge in [-0.1, -0.05) is 18.2 Å². The molecule has 0 bridgehead atoms. The number of aryl methyl sites for hydroxylation is 2. The summed E-state index contributed by atoms with van der Waals surface area (Å²) >= 11 is 0. The molecule has 1 aromatic heterocycles. The number of nitrogen functional groups attached to an aromatic ring is 1. The Morgan fingerprint density at radius 1 is 1.17 bits per heavy atom. The smallest absolute Gasteiger partial charge is 0.115 e. The summed E-state index contributed by atoms with van der Waals surface area (Å²) in [6, 6.07) is 7.62. The van der Waals surface area contributed by atoms with Crippen molar-refractivity contribution in [2.24, 2.45) is 0 Å². The highest BCUT2D eigenvalue weighted by Gasteiger charge is 2.28. The van der Waals surface area contributed by atoms with Crippen LogP contribution in [0, 0.1) is 13.8 Å². The third-order valence-electron chi connectivity index (χ3n) is 3.45. The molecule has 0 radical (unpaired) electrons. The summed E-state index contributed by atoms with van der Waals surface area (Å²) in [5.41, 5.74) is 9.14. The van der Waals surface area contributed by atoms with E-state index in [0.717, 1.165) is 11.1 Å². The number of hydrogen-bond donors (Lipinski definition) is 2. The largest absolute Gasteiger partial charge is 0.398 e. The van der Waals surface area contributed by atoms with Crippen LogP contribution in [0.3, 0.4) is 0 Å². The summed E-state index contributed by atoms with van der Waals surface area (Å²) in [4.78, 5) is 4.04. The first-order valence-corrected chi connectivity index (χ1v) is 5.93. The topological polar surface area (TPSA) is 59.1 Å². The lowest BCUT2D eigenvalue weighted by molar-refractivity contribution is 0.103. The molecule has 0 aliphatic heterocycles. The highest BCUT2D eigenvalue weighted by atomic mass is 16.3. The van der Waals surface area contributed by atoms with E-state index >= 15 is 0 Å². The van der Waals surface area contributed by atoms with Crippen molar-refractivity contribution >= 4 is 5.69 Å². The minimum Gasteiger partial charge on any atom is -0.398 e. The molecule has 1 aromatic carbocycles. The average molecular weight is 242 g/mol. The second-order valence-electron chi connectivity index (χ2n) is 4.83. The number of pyridine rings is 1. The molecule has 0 amide bonds. The third-order valence-corrected chi connectivity index (χ3v) is 3.45. The fraction of sp³-hybridized carbons (Fsp3) is 0.267. The van der Waals surface area contributed by atoms with Crippen molar-refractivity contribution in [2.75, 3.05) is 5.73 Å². The summed E-state index contributed by atoms with van der Waals surface area (Å²) in [5.74, 6) is 0. The molecule has 2 rings (SSSR count). The first kappa shape index (κ1) is 12.6. The number of aromatic nitrogens is 1. The number of rotatable bonds is 2. The van der Waals surface area contributed by atoms with E-state index < -0.39 is 5.60 Å². The van der Waals surface area contributed by atoms with Crippen LogP contribution in [-0.2, 0) is 5.60 Å². The lowest BCUT2D eigenvalue weighted by Gasteiger charge is -2.26. The lowest BCUT2D eigenvalue weighted by atomic mass is 9.87. The number of benzene rings is 1. The Morgan fingerprint density at radius 3 is 2.50 bits per heavy atom. The highest BCUT2D eigenvalue weighted by Crippen LogP contribution is 2.32. The zero-order valence-corrected chi connectivity index (χ0v) is 10.9. The lowest BCUT2D eigenvalue weighted by Crippen LogP contribution is -2.24. The van der Waals surface area contributed by atoms with Crippen molar-refractivity contribution in [1.29, 1.82) is 0 Å². The maximum Gasteiger partial charge on any atom is 0.115 e. The Hall–Kier alpha value is -1.87. The fourth-order valence-corrected chi connectivity index (χ4v) is 2.01. The Labute approximate surface area is 107 Å². The molecule has 1 heterocycles. The predicted octanol–water partition coefficient (Wildman–Crippen LogP) is 2.54. The minimum atomic E-state index is -1.13. The second kappa shape index (κ2) is 4.42. The van der Waals surface area contributed by atoms with E-state index in [-0.39, 0.29) is 0 Å². The second-order valence-corrected chi connectivity index (χ2v) is 4.83. The van der Waals surface area contributed by atoms with Crippen LogP contribution in [0.5, 0.6) is 0 Å². The van der Waals surface area contributed by atoms with Crippen LogP contribution >= 0.6 is 0 Å². The van der Waals surface area contributed by atoms with Gasteiger partial charge < -0.3 is 10.8 Å². The molecular formula is C15H18N2O. The third kappa shape index (κ3) is 2.09. The highest BCUT2D eigenvalue weighted by molar-refractivity contribution is 5.52. The minimum absolute atomic E-state index is 0.549. The number of aliphatic hydroxyl groups is 1. The van der Waals surface area contributed by atoms with Crippen LogP contribution < -0.4 is 5.73 Å². The van der Waals surface area contributed by atoms with Crippen LogP contribution in [0.4, 0.5) is 5.69 Å². The Kier molecular flexibility index (Phi) is 3.09. The van der Waals surface area contributed by atoms with Gasteiger partial charge in [-0.2, -0.15) is 0 Å². The summed E-state index contributed by atoms with van der Waals surface area (Å²) in [5, 5.41) is 10.7. The van der Waals surface area contributed by atoms with Crippen LogP contribution in [-0.4, -0.2) is 10.1 Å². The van der Waals surface area contributed by atoms with Gasteiger partial charge in [0.2, 0.25) is 0 Å². The van der Waals surface area contributed by atoms with Gasteiger partial charge in [0.25, 0.3) is 0 Å². The molecule has 0 aliphatic rings. The standard InChI is InChI=1S/C15H18N2O/c1-10-4-5-12(8-11(10)2)15(3,18)13-9-17-7-6-14(13)16/h4-9,18H,1-3H3,(H2,16,17). The molecule has 0 saturated carbocycles. The molecule has 0 fully saturated rings. The zero-order valence-electron chi connectivity index (χ0n) is 10.9. The molecule has 3 heteroatoms. The van der Waals surface area contributed by atoms with E-state index in [4.69, 9.17) is 5.73 Å². The Balaban J connectivity index is 2.54. The van der Waals surface area contributed by atoms with Gasteiger partial charge in [0.15, 0.2) is 0 Å². The molecule has 3 N–H and O–H groups in total. The van der Waals surface area contributed by atoms with Crippen LogP contribution in [0.25, 0.3) is 0 Å². The monoisotopic (exact) mass is 242 g/mol. The van der Waals surface area contributed by atoms with Crippen molar-refractivity contribution < 1.29 is 5.11 Å². The summed E-state index contributed by atoms with van der Waals surface area (Å²) < 4.78 is 0. The SMILES string of the molecule is Cc1ccc(C(C)(O)c2cnccc2N)cc1C. The molecule has 0 aliphatic carbocycles. The number of anilines is 1. The molecule has 2 aromatic rings. The van der Waals surface area contributed by atoms with Gasteiger partial charge in [0.1, 0.15) is 5.60 Å². The maximum atomic E-state index is 10.7. The summed E-state index contributed by atoms with van der Waals surface area (Å²) in [6.45, 7) is 5.82. The quantitative estimate of drug-likeness (QED) is 0.850. The number of nitrogens with zero attached hydrogens (tertiary/aromatic N) is 1. The van der Waals surface area contributed by atoms with Gasteiger partial charge in [0.05, 0.1) is 0 Å². The van der Waals surface area contributed by atoms with Crippen molar-refractivity contribution in [2.45, 2.75) is 26.4 Å². The normalized spacial score (nSPS) is 14.2. The van der Waals surface area contributed by atoms with E-state index in [2.05, 4.69) is 4.98 Å². The average Bonchev–Trinajstić information content (AvgIpc) is 2.33. The van der Waals surface area contributed by atoms with Crippen LogP contribution in [0.15, 0.2) is 36.7 Å². The fourth-order valence-electron chi connectivity index (χ4n) is 2.01. The van der Waals surface area contributed by atoms with Crippen LogP contribution in [0.2, 0.25) is 0 Å². The summed E-state index contributed by atoms with van der Waals surface area (Å²) in [7, 11) is 0. The first-order valence-electron chi connectivity index (χ1n) is 5.93. The van der Waals surface area contributed by atoms with E-state index in [0.29, 0.717) is 11.3 Å². The molecule has 1 atom stereocenters. The number of nitrogens with two attached hydrogens (primary N) is 1. The molecule has 1 unspecified atom stereocenters. The first-order chi connectivity index (χ1) is 8.43. The van der Waals surface area contributed by atoms with Crippen molar-refractivity contribution in [1.82, 2.24) is 4.98 Å². The van der Waals surface area contributed by atoms with E-state index in [1.54, 1.807) is 25.4 Å². The van der Waals surface area contributed by atoms with Gasteiger partial charge >= 0.3 is 0 Å². The maximum absolute atomic E-state index is 10.7. The van der Waals surface area contributed by atoms with Crippen molar-refractivity contribution in [3.63, 3.8) is 0 Å². The molecular weight excluding hydrogens is 224 g/mol. The Bertz CT molecular complexity index is 576. The van der Waals surface area contributed by atoms with Gasteiger partial charge in [-0.15, -0.1) is 0 Å². The Morgan fingerprint density at radius 2 is 1.89 bits per heavy atom. The van der Waals surface area contributed by atoms with Crippen molar-refractivity contribution in [3.05, 3.63) is 58.9 Å². The van der Waals surface area contributed by atoms with Gasteiger partial charge in [-0.05, 0) is 43.5 Å². The van der Waals surface area contributed by atoms with Gasteiger partial charge in [-0.3, -0.25) is 4.98 Å². The summed E-state index contributed by atoms with van der Waals surface area (Å²) in [6.07, 6.45) is 3.24. The number of hydrogen-bond acceptors (Lipinski definition) is 3. The van der Waals surface area contributed by atoms with Crippen LogP contribution in [0.1, 0.15) is 29.2 Å².